The maximum atomic E-state index is 12.6. The van der Waals surface area contributed by atoms with Crippen LogP contribution in [0.15, 0.2) is 22.7 Å². The van der Waals surface area contributed by atoms with Gasteiger partial charge in [0.25, 0.3) is 0 Å². The molecule has 2 N–H and O–H groups in total. The molecule has 116 valence electrons. The Morgan fingerprint density at radius 2 is 2.19 bits per heavy atom. The fourth-order valence-corrected chi connectivity index (χ4v) is 3.18. The van der Waals surface area contributed by atoms with E-state index in [0.29, 0.717) is 0 Å². The normalized spacial score (nSPS) is 21.2. The van der Waals surface area contributed by atoms with E-state index in [1.807, 2.05) is 36.9 Å². The summed E-state index contributed by atoms with van der Waals surface area (Å²) in [6.07, 6.45) is 1.97. The maximum Gasteiger partial charge on any atom is 0.227 e. The zero-order chi connectivity index (χ0) is 15.6. The Hall–Kier alpha value is -1.07. The molecule has 1 aliphatic rings. The largest absolute Gasteiger partial charge is 0.496 e. The Kier molecular flexibility index (Phi) is 5.27. The van der Waals surface area contributed by atoms with Crippen molar-refractivity contribution in [3.05, 3.63) is 28.2 Å². The van der Waals surface area contributed by atoms with Crippen molar-refractivity contribution in [2.45, 2.75) is 38.8 Å². The molecule has 5 heteroatoms. The van der Waals surface area contributed by atoms with E-state index in [2.05, 4.69) is 15.9 Å². The highest BCUT2D eigenvalue weighted by atomic mass is 79.9. The van der Waals surface area contributed by atoms with Crippen LogP contribution in [0.25, 0.3) is 0 Å². The number of carbonyl (C=O) groups excluding carboxylic acids is 1. The lowest BCUT2D eigenvalue weighted by atomic mass is 9.99. The molecule has 0 saturated carbocycles. The molecule has 1 aliphatic heterocycles. The quantitative estimate of drug-likeness (QED) is 0.903. The Labute approximate surface area is 134 Å². The zero-order valence-corrected chi connectivity index (χ0v) is 14.4. The summed E-state index contributed by atoms with van der Waals surface area (Å²) in [6, 6.07) is 5.88. The minimum Gasteiger partial charge on any atom is -0.496 e. The lowest BCUT2D eigenvalue weighted by Gasteiger charge is -2.30. The number of amides is 1. The SMILES string of the molecule is COc1ccc(Br)cc1C1CCCN1C(=O)C(C)C(C)N. The van der Waals surface area contributed by atoms with Gasteiger partial charge in [0.1, 0.15) is 5.75 Å². The van der Waals surface area contributed by atoms with E-state index in [4.69, 9.17) is 10.5 Å². The molecule has 0 bridgehead atoms. The molecule has 1 saturated heterocycles. The predicted octanol–water partition coefficient (Wildman–Crippen LogP) is 3.10. The van der Waals surface area contributed by atoms with Crippen molar-refractivity contribution in [1.82, 2.24) is 4.90 Å². The molecule has 3 unspecified atom stereocenters. The van der Waals surface area contributed by atoms with Gasteiger partial charge in [-0.25, -0.2) is 0 Å². The second-order valence-electron chi connectivity index (χ2n) is 5.72. The van der Waals surface area contributed by atoms with E-state index in [-0.39, 0.29) is 23.9 Å². The first-order chi connectivity index (χ1) is 9.95. The number of hydrogen-bond donors (Lipinski definition) is 1. The highest BCUT2D eigenvalue weighted by molar-refractivity contribution is 9.10. The number of benzene rings is 1. The minimum atomic E-state index is -0.163. The van der Waals surface area contributed by atoms with Crippen molar-refractivity contribution in [2.24, 2.45) is 11.7 Å². The van der Waals surface area contributed by atoms with Crippen LogP contribution in [0.1, 0.15) is 38.3 Å². The van der Waals surface area contributed by atoms with E-state index in [1.165, 1.54) is 0 Å². The summed E-state index contributed by atoms with van der Waals surface area (Å²) >= 11 is 3.50. The minimum absolute atomic E-state index is 0.0751. The van der Waals surface area contributed by atoms with Crippen LogP contribution in [-0.2, 0) is 4.79 Å². The third-order valence-corrected chi connectivity index (χ3v) is 4.76. The van der Waals surface area contributed by atoms with Gasteiger partial charge in [-0.05, 0) is 38.0 Å². The number of likely N-dealkylation sites (tertiary alicyclic amines) is 1. The van der Waals surface area contributed by atoms with E-state index in [0.717, 1.165) is 35.2 Å². The average Bonchev–Trinajstić information content (AvgIpc) is 2.94. The zero-order valence-electron chi connectivity index (χ0n) is 12.8. The van der Waals surface area contributed by atoms with Crippen LogP contribution < -0.4 is 10.5 Å². The number of carbonyl (C=O) groups is 1. The Balaban J connectivity index is 2.30. The first kappa shape index (κ1) is 16.3. The molecule has 21 heavy (non-hydrogen) atoms. The number of halogens is 1. The van der Waals surface area contributed by atoms with Gasteiger partial charge in [-0.15, -0.1) is 0 Å². The second kappa shape index (κ2) is 6.79. The first-order valence-corrected chi connectivity index (χ1v) is 8.14. The van der Waals surface area contributed by atoms with Crippen molar-refractivity contribution in [3.63, 3.8) is 0 Å². The molecule has 4 nitrogen and oxygen atoms in total. The highest BCUT2D eigenvalue weighted by Gasteiger charge is 2.34. The standard InChI is InChI=1S/C16H23BrN2O2/c1-10(11(2)18)16(20)19-8-4-5-14(19)13-9-12(17)6-7-15(13)21-3/h6-7,9-11,14H,4-5,8,18H2,1-3H3. The molecule has 0 aromatic heterocycles. The summed E-state index contributed by atoms with van der Waals surface area (Å²) in [5.41, 5.74) is 6.95. The molecule has 1 fully saturated rings. The smallest absolute Gasteiger partial charge is 0.227 e. The number of nitrogens with zero attached hydrogens (tertiary/aromatic N) is 1. The maximum absolute atomic E-state index is 12.6. The Bertz CT molecular complexity index is 519. The van der Waals surface area contributed by atoms with Gasteiger partial charge in [-0.2, -0.15) is 0 Å². The van der Waals surface area contributed by atoms with Crippen molar-refractivity contribution in [3.8, 4) is 5.75 Å². The Morgan fingerprint density at radius 1 is 1.48 bits per heavy atom. The topological polar surface area (TPSA) is 55.6 Å². The van der Waals surface area contributed by atoms with Gasteiger partial charge < -0.3 is 15.4 Å². The molecule has 3 atom stereocenters. The first-order valence-electron chi connectivity index (χ1n) is 7.35. The van der Waals surface area contributed by atoms with Crippen LogP contribution in [0.4, 0.5) is 0 Å². The van der Waals surface area contributed by atoms with E-state index < -0.39 is 0 Å². The van der Waals surface area contributed by atoms with Crippen LogP contribution in [0.5, 0.6) is 5.75 Å². The highest BCUT2D eigenvalue weighted by Crippen LogP contribution is 2.39. The summed E-state index contributed by atoms with van der Waals surface area (Å²) < 4.78 is 6.46. The van der Waals surface area contributed by atoms with Gasteiger partial charge in [0.15, 0.2) is 0 Å². The molecule has 0 radical (unpaired) electrons. The predicted molar refractivity (Wildman–Crippen MR) is 87.2 cm³/mol. The van der Waals surface area contributed by atoms with Crippen LogP contribution in [0.2, 0.25) is 0 Å². The van der Waals surface area contributed by atoms with E-state index >= 15 is 0 Å². The van der Waals surface area contributed by atoms with Gasteiger partial charge in [0, 0.05) is 22.6 Å². The van der Waals surface area contributed by atoms with Crippen molar-refractivity contribution in [2.75, 3.05) is 13.7 Å². The fraction of sp³-hybridized carbons (Fsp3) is 0.562. The van der Waals surface area contributed by atoms with Crippen LogP contribution in [-0.4, -0.2) is 30.5 Å². The summed E-state index contributed by atoms with van der Waals surface area (Å²) in [5, 5.41) is 0. The van der Waals surface area contributed by atoms with Gasteiger partial charge in [0.05, 0.1) is 19.1 Å². The summed E-state index contributed by atoms with van der Waals surface area (Å²) in [5.74, 6) is 0.801. The summed E-state index contributed by atoms with van der Waals surface area (Å²) in [6.45, 7) is 4.57. The summed E-state index contributed by atoms with van der Waals surface area (Å²) in [7, 11) is 1.67. The number of rotatable bonds is 4. The lowest BCUT2D eigenvalue weighted by Crippen LogP contribution is -2.41. The molecule has 2 rings (SSSR count). The third-order valence-electron chi connectivity index (χ3n) is 4.26. The van der Waals surface area contributed by atoms with E-state index in [9.17, 15) is 4.79 Å². The van der Waals surface area contributed by atoms with Crippen molar-refractivity contribution >= 4 is 21.8 Å². The molecule has 0 spiro atoms. The second-order valence-corrected chi connectivity index (χ2v) is 6.64. The molecule has 1 aromatic carbocycles. The van der Waals surface area contributed by atoms with Crippen LogP contribution in [0.3, 0.4) is 0 Å². The third kappa shape index (κ3) is 3.40. The molecular formula is C16H23BrN2O2. The van der Waals surface area contributed by atoms with Gasteiger partial charge in [0.2, 0.25) is 5.91 Å². The fourth-order valence-electron chi connectivity index (χ4n) is 2.81. The van der Waals surface area contributed by atoms with Crippen molar-refractivity contribution < 1.29 is 9.53 Å². The van der Waals surface area contributed by atoms with Crippen molar-refractivity contribution in [1.29, 1.82) is 0 Å². The number of ether oxygens (including phenoxy) is 1. The molecule has 1 amide bonds. The van der Waals surface area contributed by atoms with Gasteiger partial charge >= 0.3 is 0 Å². The monoisotopic (exact) mass is 354 g/mol. The van der Waals surface area contributed by atoms with Crippen LogP contribution in [0, 0.1) is 5.92 Å². The van der Waals surface area contributed by atoms with Gasteiger partial charge in [-0.3, -0.25) is 4.79 Å². The average molecular weight is 355 g/mol. The molecule has 0 aliphatic carbocycles. The Morgan fingerprint density at radius 3 is 2.81 bits per heavy atom. The number of methoxy groups -OCH3 is 1. The number of hydrogen-bond acceptors (Lipinski definition) is 3. The van der Waals surface area contributed by atoms with Gasteiger partial charge in [-0.1, -0.05) is 22.9 Å². The van der Waals surface area contributed by atoms with E-state index in [1.54, 1.807) is 7.11 Å². The molecule has 1 heterocycles. The summed E-state index contributed by atoms with van der Waals surface area (Å²) in [4.78, 5) is 14.6. The molecule has 1 aromatic rings. The lowest BCUT2D eigenvalue weighted by molar-refractivity contribution is -0.136. The van der Waals surface area contributed by atoms with Crippen LogP contribution >= 0.6 is 15.9 Å². The molecular weight excluding hydrogens is 332 g/mol. The number of nitrogens with two attached hydrogens (primary N) is 1.